The number of carbonyl (C=O) groups excluding carboxylic acids is 1. The summed E-state index contributed by atoms with van der Waals surface area (Å²) >= 11 is 4.77. The van der Waals surface area contributed by atoms with Crippen molar-refractivity contribution in [3.05, 3.63) is 28.2 Å². The van der Waals surface area contributed by atoms with E-state index in [-0.39, 0.29) is 12.2 Å². The Labute approximate surface area is 158 Å². The molecule has 25 heavy (non-hydrogen) atoms. The van der Waals surface area contributed by atoms with Crippen LogP contribution in [-0.2, 0) is 14.3 Å². The zero-order valence-electron chi connectivity index (χ0n) is 13.4. The molecular weight excluding hydrogens is 410 g/mol. The van der Waals surface area contributed by atoms with E-state index in [9.17, 15) is 4.79 Å². The molecule has 0 radical (unpaired) electrons. The van der Waals surface area contributed by atoms with E-state index in [1.54, 1.807) is 6.21 Å². The second-order valence-corrected chi connectivity index (χ2v) is 7.21. The normalized spacial score (nSPS) is 20.4. The Hall–Kier alpha value is -1.42. The van der Waals surface area contributed by atoms with Crippen LogP contribution in [-0.4, -0.2) is 49.2 Å². The standard InChI is InChI=1S/C16H18BrN3O4S/c17-12-2-3-13(22-7-4-15-23-5-1-6-24-15)11(8-12)9-18-20-16-19-14(21)10-25-16/h2-3,8-9,15H,1,4-7,10H2,(H,19,20,21). The predicted octanol–water partition coefficient (Wildman–Crippen LogP) is 2.53. The molecule has 9 heteroatoms. The Morgan fingerprint density at radius 1 is 1.40 bits per heavy atom. The second-order valence-electron chi connectivity index (χ2n) is 5.33. The van der Waals surface area contributed by atoms with Crippen LogP contribution >= 0.6 is 27.7 Å². The van der Waals surface area contributed by atoms with Gasteiger partial charge in [0.1, 0.15) is 5.75 Å². The number of thioether (sulfide) groups is 1. The molecule has 0 aliphatic carbocycles. The minimum absolute atomic E-state index is 0.0578. The fourth-order valence-electron chi connectivity index (χ4n) is 2.24. The monoisotopic (exact) mass is 427 g/mol. The van der Waals surface area contributed by atoms with Crippen molar-refractivity contribution in [3.63, 3.8) is 0 Å². The van der Waals surface area contributed by atoms with Crippen LogP contribution < -0.4 is 10.1 Å². The van der Waals surface area contributed by atoms with E-state index in [0.29, 0.717) is 29.7 Å². The van der Waals surface area contributed by atoms with Crippen LogP contribution in [0.1, 0.15) is 18.4 Å². The van der Waals surface area contributed by atoms with E-state index in [0.717, 1.165) is 29.7 Å². The zero-order valence-corrected chi connectivity index (χ0v) is 15.8. The van der Waals surface area contributed by atoms with Gasteiger partial charge in [-0.1, -0.05) is 27.7 Å². The first-order valence-electron chi connectivity index (χ1n) is 7.90. The van der Waals surface area contributed by atoms with Gasteiger partial charge in [-0.05, 0) is 24.6 Å². The summed E-state index contributed by atoms with van der Waals surface area (Å²) in [6, 6.07) is 5.67. The first kappa shape index (κ1) is 18.4. The number of ether oxygens (including phenoxy) is 3. The molecule has 0 aromatic heterocycles. The fraction of sp³-hybridized carbons (Fsp3) is 0.438. The first-order chi connectivity index (χ1) is 12.2. The molecule has 2 aliphatic rings. The maximum absolute atomic E-state index is 11.1. The molecule has 0 bridgehead atoms. The summed E-state index contributed by atoms with van der Waals surface area (Å²) in [5.41, 5.74) is 0.790. The number of hydrogen-bond acceptors (Lipinski definition) is 7. The fourth-order valence-corrected chi connectivity index (χ4v) is 3.25. The third-order valence-electron chi connectivity index (χ3n) is 3.41. The van der Waals surface area contributed by atoms with Crippen molar-refractivity contribution in [1.82, 2.24) is 5.32 Å². The highest BCUT2D eigenvalue weighted by atomic mass is 79.9. The number of nitrogens with zero attached hydrogens (tertiary/aromatic N) is 2. The van der Waals surface area contributed by atoms with Gasteiger partial charge >= 0.3 is 0 Å². The molecule has 0 saturated carbocycles. The van der Waals surface area contributed by atoms with Gasteiger partial charge in [0.2, 0.25) is 5.91 Å². The van der Waals surface area contributed by atoms with Gasteiger partial charge in [0.15, 0.2) is 11.5 Å². The molecule has 2 fully saturated rings. The van der Waals surface area contributed by atoms with Gasteiger partial charge in [0.25, 0.3) is 0 Å². The molecular formula is C16H18BrN3O4S. The third-order valence-corrected chi connectivity index (χ3v) is 4.77. The van der Waals surface area contributed by atoms with Crippen molar-refractivity contribution in [1.29, 1.82) is 0 Å². The van der Waals surface area contributed by atoms with Crippen LogP contribution in [0.2, 0.25) is 0 Å². The lowest BCUT2D eigenvalue weighted by molar-refractivity contribution is -0.183. The van der Waals surface area contributed by atoms with Crippen molar-refractivity contribution in [2.24, 2.45) is 10.2 Å². The molecule has 1 N–H and O–H groups in total. The van der Waals surface area contributed by atoms with Crippen molar-refractivity contribution in [2.45, 2.75) is 19.1 Å². The van der Waals surface area contributed by atoms with Gasteiger partial charge in [0, 0.05) is 16.5 Å². The number of nitrogens with one attached hydrogen (secondary N) is 1. The molecule has 2 saturated heterocycles. The number of halogens is 1. The van der Waals surface area contributed by atoms with Gasteiger partial charge < -0.3 is 19.5 Å². The lowest BCUT2D eigenvalue weighted by Crippen LogP contribution is -2.26. The molecule has 1 aromatic rings. The Bertz CT molecular complexity index is 677. The second kappa shape index (κ2) is 9.33. The average molecular weight is 428 g/mol. The number of amidine groups is 1. The predicted molar refractivity (Wildman–Crippen MR) is 100 cm³/mol. The van der Waals surface area contributed by atoms with Crippen molar-refractivity contribution in [3.8, 4) is 5.75 Å². The summed E-state index contributed by atoms with van der Waals surface area (Å²) in [6.07, 6.45) is 3.01. The first-order valence-corrected chi connectivity index (χ1v) is 9.68. The van der Waals surface area contributed by atoms with Crippen LogP contribution in [0.5, 0.6) is 5.75 Å². The lowest BCUT2D eigenvalue weighted by atomic mass is 10.2. The summed E-state index contributed by atoms with van der Waals surface area (Å²) in [6.45, 7) is 1.94. The number of amides is 1. The van der Waals surface area contributed by atoms with Crippen LogP contribution in [0, 0.1) is 0 Å². The summed E-state index contributed by atoms with van der Waals surface area (Å²) in [4.78, 5) is 11.1. The van der Waals surface area contributed by atoms with E-state index in [1.165, 1.54) is 11.8 Å². The third kappa shape index (κ3) is 5.81. The average Bonchev–Trinajstić information content (AvgIpc) is 3.03. The van der Waals surface area contributed by atoms with Gasteiger partial charge in [-0.15, -0.1) is 5.10 Å². The van der Waals surface area contributed by atoms with Crippen LogP contribution in [0.15, 0.2) is 32.9 Å². The van der Waals surface area contributed by atoms with E-state index in [1.807, 2.05) is 18.2 Å². The SMILES string of the molecule is O=C1CSC(=NN=Cc2cc(Br)ccc2OCCC2OCCCO2)N1. The van der Waals surface area contributed by atoms with Crippen molar-refractivity contribution < 1.29 is 19.0 Å². The van der Waals surface area contributed by atoms with Gasteiger partial charge in [-0.2, -0.15) is 5.10 Å². The largest absolute Gasteiger partial charge is 0.493 e. The highest BCUT2D eigenvalue weighted by molar-refractivity contribution is 9.10. The molecule has 1 amide bonds. The van der Waals surface area contributed by atoms with Gasteiger partial charge in [0.05, 0.1) is 31.8 Å². The summed E-state index contributed by atoms with van der Waals surface area (Å²) in [7, 11) is 0. The molecule has 0 spiro atoms. The quantitative estimate of drug-likeness (QED) is 0.557. The van der Waals surface area contributed by atoms with E-state index >= 15 is 0 Å². The Morgan fingerprint density at radius 3 is 3.00 bits per heavy atom. The molecule has 3 rings (SSSR count). The topological polar surface area (TPSA) is 81.5 Å². The number of rotatable bonds is 6. The minimum atomic E-state index is -0.198. The van der Waals surface area contributed by atoms with E-state index < -0.39 is 0 Å². The highest BCUT2D eigenvalue weighted by Crippen LogP contribution is 2.22. The molecule has 1 aromatic carbocycles. The summed E-state index contributed by atoms with van der Waals surface area (Å²) in [5, 5.41) is 11.2. The minimum Gasteiger partial charge on any atom is -0.493 e. The summed E-state index contributed by atoms with van der Waals surface area (Å²) in [5.74, 6) is 1.02. The molecule has 134 valence electrons. The Balaban J connectivity index is 1.58. The molecule has 0 atom stereocenters. The van der Waals surface area contributed by atoms with Crippen molar-refractivity contribution >= 4 is 45.0 Å². The molecule has 0 unspecified atom stereocenters. The lowest BCUT2D eigenvalue weighted by Gasteiger charge is -2.23. The number of benzene rings is 1. The van der Waals surface area contributed by atoms with E-state index in [4.69, 9.17) is 14.2 Å². The zero-order chi connectivity index (χ0) is 17.5. The van der Waals surface area contributed by atoms with Gasteiger partial charge in [-0.25, -0.2) is 0 Å². The van der Waals surface area contributed by atoms with Crippen LogP contribution in [0.4, 0.5) is 0 Å². The smallest absolute Gasteiger partial charge is 0.236 e. The van der Waals surface area contributed by atoms with Crippen molar-refractivity contribution in [2.75, 3.05) is 25.6 Å². The Kier molecular flexibility index (Phi) is 6.85. The Morgan fingerprint density at radius 2 is 2.24 bits per heavy atom. The number of hydrogen-bond donors (Lipinski definition) is 1. The molecule has 2 heterocycles. The number of carbonyl (C=O) groups is 1. The molecule has 2 aliphatic heterocycles. The maximum atomic E-state index is 11.1. The van der Waals surface area contributed by atoms with Crippen LogP contribution in [0.3, 0.4) is 0 Å². The summed E-state index contributed by atoms with van der Waals surface area (Å²) < 4.78 is 17.8. The maximum Gasteiger partial charge on any atom is 0.236 e. The van der Waals surface area contributed by atoms with E-state index in [2.05, 4.69) is 31.4 Å². The van der Waals surface area contributed by atoms with Crippen LogP contribution in [0.25, 0.3) is 0 Å². The highest BCUT2D eigenvalue weighted by Gasteiger charge is 2.16. The van der Waals surface area contributed by atoms with Gasteiger partial charge in [-0.3, -0.25) is 4.79 Å². The molecule has 7 nitrogen and oxygen atoms in total.